The highest BCUT2D eigenvalue weighted by atomic mass is 28.4. The van der Waals surface area contributed by atoms with E-state index < -0.39 is 13.9 Å². The molecule has 0 radical (unpaired) electrons. The largest absolute Gasteiger partial charge is 0.444 e. The Morgan fingerprint density at radius 2 is 1.58 bits per heavy atom. The molecule has 2 aliphatic carbocycles. The van der Waals surface area contributed by atoms with Crippen LogP contribution in [0.3, 0.4) is 0 Å². The molecule has 1 aliphatic heterocycles. The van der Waals surface area contributed by atoms with Gasteiger partial charge in [0.2, 0.25) is 8.32 Å². The predicted octanol–water partition coefficient (Wildman–Crippen LogP) is 7.98. The van der Waals surface area contributed by atoms with Gasteiger partial charge in [0.05, 0.1) is 6.10 Å². The average molecular weight is 522 g/mol. The summed E-state index contributed by atoms with van der Waals surface area (Å²) in [5, 5.41) is 0. The topological polar surface area (TPSA) is 55.8 Å². The van der Waals surface area contributed by atoms with Gasteiger partial charge in [-0.3, -0.25) is 4.79 Å². The Kier molecular flexibility index (Phi) is 9.13. The Balaban J connectivity index is 1.97. The van der Waals surface area contributed by atoms with Crippen molar-refractivity contribution < 1.29 is 18.8 Å². The van der Waals surface area contributed by atoms with Crippen molar-refractivity contribution in [1.82, 2.24) is 4.90 Å². The lowest BCUT2D eigenvalue weighted by atomic mass is 9.57. The van der Waals surface area contributed by atoms with Crippen molar-refractivity contribution in [1.29, 1.82) is 0 Å². The molecule has 1 spiro atoms. The van der Waals surface area contributed by atoms with Gasteiger partial charge in [-0.25, -0.2) is 4.79 Å². The molecular formula is C30H55NO4Si. The number of hydrogen-bond acceptors (Lipinski definition) is 4. The fourth-order valence-corrected chi connectivity index (χ4v) is 14.2. The second-order valence-electron chi connectivity index (χ2n) is 14.2. The smallest absolute Gasteiger partial charge is 0.410 e. The molecule has 3 aliphatic rings. The van der Waals surface area contributed by atoms with Crippen LogP contribution in [-0.4, -0.2) is 49.9 Å². The number of carbonyl (C=O) groups excluding carboxylic acids is 2. The van der Waals surface area contributed by atoms with Crippen molar-refractivity contribution in [2.75, 3.05) is 13.1 Å². The van der Waals surface area contributed by atoms with E-state index in [2.05, 4.69) is 48.5 Å². The van der Waals surface area contributed by atoms with Crippen LogP contribution in [0, 0.1) is 23.2 Å². The summed E-state index contributed by atoms with van der Waals surface area (Å²) in [6.07, 6.45) is 6.46. The van der Waals surface area contributed by atoms with Gasteiger partial charge in [-0.05, 0) is 87.8 Å². The van der Waals surface area contributed by atoms with Crippen LogP contribution in [-0.2, 0) is 14.0 Å². The Bertz CT molecular complexity index is 767. The second kappa shape index (κ2) is 11.1. The lowest BCUT2D eigenvalue weighted by molar-refractivity contribution is -0.127. The maximum absolute atomic E-state index is 13.6. The van der Waals surface area contributed by atoms with Crippen molar-refractivity contribution in [3.05, 3.63) is 0 Å². The Morgan fingerprint density at radius 1 is 1.00 bits per heavy atom. The molecule has 5 nitrogen and oxygen atoms in total. The van der Waals surface area contributed by atoms with Gasteiger partial charge in [-0.15, -0.1) is 0 Å². The summed E-state index contributed by atoms with van der Waals surface area (Å²) in [7, 11) is -2.10. The number of ether oxygens (including phenoxy) is 1. The molecular weight excluding hydrogens is 466 g/mol. The number of amides is 1. The third kappa shape index (κ3) is 5.60. The van der Waals surface area contributed by atoms with Crippen LogP contribution in [0.15, 0.2) is 0 Å². The summed E-state index contributed by atoms with van der Waals surface area (Å²) < 4.78 is 13.3. The van der Waals surface area contributed by atoms with Gasteiger partial charge in [-0.2, -0.15) is 0 Å². The fourth-order valence-electron chi connectivity index (χ4n) is 8.58. The number of ketones is 1. The molecule has 0 aromatic carbocycles. The quantitative estimate of drug-likeness (QED) is 0.344. The average Bonchev–Trinajstić information content (AvgIpc) is 3.04. The van der Waals surface area contributed by atoms with E-state index in [0.717, 1.165) is 44.9 Å². The maximum atomic E-state index is 13.6. The van der Waals surface area contributed by atoms with Gasteiger partial charge >= 0.3 is 6.09 Å². The minimum Gasteiger partial charge on any atom is -0.444 e. The first-order chi connectivity index (χ1) is 16.6. The molecule has 1 amide bonds. The van der Waals surface area contributed by atoms with Crippen LogP contribution in [0.4, 0.5) is 4.79 Å². The summed E-state index contributed by atoms with van der Waals surface area (Å²) in [5.74, 6) is 1.52. The Morgan fingerprint density at radius 3 is 2.14 bits per heavy atom. The zero-order chi connectivity index (χ0) is 27.1. The van der Waals surface area contributed by atoms with E-state index in [9.17, 15) is 9.59 Å². The molecule has 208 valence electrons. The monoisotopic (exact) mass is 521 g/mol. The number of carbonyl (C=O) groups is 2. The van der Waals surface area contributed by atoms with E-state index in [0.29, 0.717) is 47.3 Å². The van der Waals surface area contributed by atoms with Gasteiger partial charge in [0.25, 0.3) is 0 Å². The lowest BCUT2D eigenvalue weighted by Crippen LogP contribution is -2.58. The third-order valence-electron chi connectivity index (χ3n) is 9.81. The molecule has 0 bridgehead atoms. The van der Waals surface area contributed by atoms with Gasteiger partial charge in [-0.1, -0.05) is 48.5 Å². The first-order valence-electron chi connectivity index (χ1n) is 14.8. The normalized spacial score (nSPS) is 32.2. The third-order valence-corrected chi connectivity index (χ3v) is 15.9. The van der Waals surface area contributed by atoms with E-state index in [-0.39, 0.29) is 23.5 Å². The van der Waals surface area contributed by atoms with Crippen LogP contribution in [0.2, 0.25) is 16.6 Å². The van der Waals surface area contributed by atoms with Crippen molar-refractivity contribution >= 4 is 20.2 Å². The molecule has 1 saturated heterocycles. The molecule has 5 atom stereocenters. The van der Waals surface area contributed by atoms with Crippen molar-refractivity contribution in [3.63, 3.8) is 0 Å². The maximum Gasteiger partial charge on any atom is 0.410 e. The molecule has 36 heavy (non-hydrogen) atoms. The zero-order valence-electron chi connectivity index (χ0n) is 25.0. The van der Waals surface area contributed by atoms with Crippen molar-refractivity contribution in [2.45, 2.75) is 143 Å². The molecule has 2 saturated carbocycles. The highest BCUT2D eigenvalue weighted by Gasteiger charge is 2.62. The number of hydrogen-bond donors (Lipinski definition) is 0. The van der Waals surface area contributed by atoms with Crippen LogP contribution < -0.4 is 0 Å². The Labute approximate surface area is 222 Å². The van der Waals surface area contributed by atoms with Crippen LogP contribution in [0.5, 0.6) is 0 Å². The first kappa shape index (κ1) is 29.7. The van der Waals surface area contributed by atoms with E-state index in [1.165, 1.54) is 0 Å². The first-order valence-corrected chi connectivity index (χ1v) is 17.0. The SMILES string of the molecule is CC(C)[Si](O[C@H]1C[C@H](C)C[C@@H]2CC(=O)[C@@H]3CCCN(C(=O)OC(C)(C)C)CCC[C@@]213)(C(C)C)C(C)C. The van der Waals surface area contributed by atoms with Gasteiger partial charge in [0.1, 0.15) is 11.4 Å². The van der Waals surface area contributed by atoms with Crippen LogP contribution in [0.25, 0.3) is 0 Å². The predicted molar refractivity (Wildman–Crippen MR) is 150 cm³/mol. The second-order valence-corrected chi connectivity index (χ2v) is 19.7. The molecule has 3 fully saturated rings. The lowest BCUT2D eigenvalue weighted by Gasteiger charge is -2.55. The van der Waals surface area contributed by atoms with E-state index in [1.54, 1.807) is 0 Å². The summed E-state index contributed by atoms with van der Waals surface area (Å²) >= 11 is 0. The van der Waals surface area contributed by atoms with Gasteiger partial charge < -0.3 is 14.1 Å². The molecule has 3 rings (SSSR count). The number of Topliss-reactive ketones (excluding diaryl/α,β-unsaturated/α-hetero) is 1. The summed E-state index contributed by atoms with van der Waals surface area (Å²) in [6.45, 7) is 23.7. The number of nitrogens with zero attached hydrogens (tertiary/aromatic N) is 1. The van der Waals surface area contributed by atoms with E-state index in [4.69, 9.17) is 9.16 Å². The Hall–Kier alpha value is -0.883. The van der Waals surface area contributed by atoms with Crippen molar-refractivity contribution in [3.8, 4) is 0 Å². The summed E-state index contributed by atoms with van der Waals surface area (Å²) in [5.41, 5.74) is 1.00. The number of rotatable bonds is 5. The molecule has 1 heterocycles. The van der Waals surface area contributed by atoms with Crippen LogP contribution >= 0.6 is 0 Å². The highest BCUT2D eigenvalue weighted by Crippen LogP contribution is 2.62. The van der Waals surface area contributed by atoms with Gasteiger partial charge in [0, 0.05) is 30.8 Å². The van der Waals surface area contributed by atoms with Crippen molar-refractivity contribution in [2.24, 2.45) is 23.2 Å². The fraction of sp³-hybridized carbons (Fsp3) is 0.933. The van der Waals surface area contributed by atoms with E-state index >= 15 is 0 Å². The molecule has 0 aromatic rings. The van der Waals surface area contributed by atoms with Crippen LogP contribution in [0.1, 0.15) is 114 Å². The zero-order valence-corrected chi connectivity index (χ0v) is 26.0. The van der Waals surface area contributed by atoms with E-state index in [1.807, 2.05) is 25.7 Å². The summed E-state index contributed by atoms with van der Waals surface area (Å²) in [4.78, 5) is 28.4. The minimum atomic E-state index is -2.10. The molecule has 0 unspecified atom stereocenters. The van der Waals surface area contributed by atoms with Gasteiger partial charge in [0.15, 0.2) is 0 Å². The minimum absolute atomic E-state index is 0.0665. The summed E-state index contributed by atoms with van der Waals surface area (Å²) in [6, 6.07) is 0. The standard InChI is InChI=1S/C30H55NO4Si/c1-20(2)36(21(3)4,22(5)6)35-27-18-23(7)17-24-19-26(32)25-13-11-15-31(16-12-14-30(24,25)27)28(33)34-29(8,9)10/h20-25,27H,11-19H2,1-10H3/t23-,24-,25+,27+,30+/m1/s1. The molecule has 0 aromatic heterocycles. The molecule has 6 heteroatoms. The highest BCUT2D eigenvalue weighted by molar-refractivity contribution is 6.77. The molecule has 0 N–H and O–H groups in total.